The first-order valence-electron chi connectivity index (χ1n) is 16.2. The van der Waals surface area contributed by atoms with Gasteiger partial charge < -0.3 is 19.1 Å². The van der Waals surface area contributed by atoms with E-state index in [0.717, 1.165) is 29.5 Å². The number of amides is 1. The number of hydrogen-bond donors (Lipinski definition) is 1. The van der Waals surface area contributed by atoms with Gasteiger partial charge >= 0.3 is 0 Å². The summed E-state index contributed by atoms with van der Waals surface area (Å²) in [4.78, 5) is 21.8. The van der Waals surface area contributed by atoms with Crippen molar-refractivity contribution in [3.05, 3.63) is 84.1 Å². The van der Waals surface area contributed by atoms with Gasteiger partial charge in [-0.1, -0.05) is 37.1 Å². The Morgan fingerprint density at radius 1 is 0.851 bits per heavy atom. The standard InChI is InChI=1S/C36H42N4O6S/c1-44-34-28(16-19-31(35(34)45-2)46-30-11-5-3-4-6-12-30)25-39-21-23-40(24-22-39)36(41)27-14-17-29(18-15-27)38-47(42,43)32-13-7-9-26-10-8-20-37-33(26)32/h7-10,13-20,30,38H,3-6,11-12,21-25H2,1-2H3. The van der Waals surface area contributed by atoms with Gasteiger partial charge in [0.1, 0.15) is 4.90 Å². The summed E-state index contributed by atoms with van der Waals surface area (Å²) in [5, 5.41) is 0.739. The SMILES string of the molecule is COc1c(CN2CCN(C(=O)c3ccc(NS(=O)(=O)c4cccc5cccnc45)cc3)CC2)ccc(OC2CCCCCC2)c1OC. The molecule has 3 aromatic carbocycles. The maximum atomic E-state index is 13.3. The third-order valence-corrected chi connectivity index (χ3v) is 10.4. The number of pyridine rings is 1. The van der Waals surface area contributed by atoms with E-state index in [1.165, 1.54) is 31.7 Å². The number of ether oxygens (including phenoxy) is 3. The van der Waals surface area contributed by atoms with Gasteiger partial charge in [-0.25, -0.2) is 8.42 Å². The minimum absolute atomic E-state index is 0.0865. The predicted molar refractivity (Wildman–Crippen MR) is 182 cm³/mol. The molecule has 0 spiro atoms. The molecule has 1 N–H and O–H groups in total. The lowest BCUT2D eigenvalue weighted by Crippen LogP contribution is -2.48. The summed E-state index contributed by atoms with van der Waals surface area (Å²) in [6.07, 6.45) is 8.79. The average Bonchev–Trinajstić information content (AvgIpc) is 3.37. The average molecular weight is 659 g/mol. The number of anilines is 1. The Labute approximate surface area is 276 Å². The van der Waals surface area contributed by atoms with Gasteiger partial charge in [0.15, 0.2) is 11.5 Å². The third kappa shape index (κ3) is 7.47. The molecule has 4 aromatic rings. The summed E-state index contributed by atoms with van der Waals surface area (Å²) >= 11 is 0. The van der Waals surface area contributed by atoms with Gasteiger partial charge in [-0.05, 0) is 68.1 Å². The van der Waals surface area contributed by atoms with Crippen molar-refractivity contribution in [3.8, 4) is 17.2 Å². The Morgan fingerprint density at radius 3 is 2.26 bits per heavy atom. The van der Waals surface area contributed by atoms with Gasteiger partial charge in [-0.2, -0.15) is 0 Å². The van der Waals surface area contributed by atoms with Crippen LogP contribution in [0.25, 0.3) is 10.9 Å². The molecule has 10 nitrogen and oxygen atoms in total. The second-order valence-electron chi connectivity index (χ2n) is 12.1. The maximum absolute atomic E-state index is 13.3. The summed E-state index contributed by atoms with van der Waals surface area (Å²) in [6.45, 7) is 3.21. The molecule has 2 fully saturated rings. The van der Waals surface area contributed by atoms with Crippen molar-refractivity contribution in [2.45, 2.75) is 56.1 Å². The van der Waals surface area contributed by atoms with Gasteiger partial charge in [0, 0.05) is 61.1 Å². The number of methoxy groups -OCH3 is 2. The number of aromatic nitrogens is 1. The highest BCUT2D eigenvalue weighted by molar-refractivity contribution is 7.93. The molecule has 1 saturated carbocycles. The van der Waals surface area contributed by atoms with Crippen molar-refractivity contribution in [2.24, 2.45) is 0 Å². The Kier molecular flexibility index (Phi) is 10.1. The molecule has 11 heteroatoms. The van der Waals surface area contributed by atoms with Crippen LogP contribution in [0.4, 0.5) is 5.69 Å². The molecule has 2 heterocycles. The van der Waals surface area contributed by atoms with E-state index < -0.39 is 10.0 Å². The van der Waals surface area contributed by atoms with Crippen LogP contribution in [-0.4, -0.2) is 75.6 Å². The minimum Gasteiger partial charge on any atom is -0.492 e. The number of carbonyl (C=O) groups excluding carboxylic acids is 1. The molecule has 0 unspecified atom stereocenters. The quantitative estimate of drug-likeness (QED) is 0.203. The summed E-state index contributed by atoms with van der Waals surface area (Å²) < 4.78 is 47.0. The number of nitrogens with one attached hydrogen (secondary N) is 1. The summed E-state index contributed by atoms with van der Waals surface area (Å²) in [7, 11) is -0.577. The summed E-state index contributed by atoms with van der Waals surface area (Å²) in [5.74, 6) is 1.95. The Hall–Kier alpha value is -4.35. The van der Waals surface area contributed by atoms with Crippen LogP contribution in [-0.2, 0) is 16.6 Å². The van der Waals surface area contributed by atoms with E-state index >= 15 is 0 Å². The molecule has 248 valence electrons. The van der Waals surface area contributed by atoms with Crippen molar-refractivity contribution in [3.63, 3.8) is 0 Å². The fourth-order valence-corrected chi connectivity index (χ4v) is 7.71. The molecule has 1 aliphatic carbocycles. The van der Waals surface area contributed by atoms with E-state index in [1.807, 2.05) is 23.1 Å². The topological polar surface area (TPSA) is 110 Å². The molecule has 1 saturated heterocycles. The Balaban J connectivity index is 1.06. The zero-order chi connectivity index (χ0) is 32.8. The van der Waals surface area contributed by atoms with E-state index in [0.29, 0.717) is 61.0 Å². The first kappa shape index (κ1) is 32.6. The first-order chi connectivity index (χ1) is 22.9. The maximum Gasteiger partial charge on any atom is 0.264 e. The number of rotatable bonds is 10. The van der Waals surface area contributed by atoms with Crippen LogP contribution in [0, 0.1) is 0 Å². The number of fused-ring (bicyclic) bond motifs is 1. The minimum atomic E-state index is -3.88. The molecule has 0 radical (unpaired) electrons. The second kappa shape index (κ2) is 14.6. The van der Waals surface area contributed by atoms with E-state index in [1.54, 1.807) is 56.8 Å². The van der Waals surface area contributed by atoms with Crippen molar-refractivity contribution in [1.29, 1.82) is 0 Å². The van der Waals surface area contributed by atoms with Crippen LogP contribution in [0.1, 0.15) is 54.4 Å². The second-order valence-corrected chi connectivity index (χ2v) is 13.8. The number of benzene rings is 3. The van der Waals surface area contributed by atoms with Crippen molar-refractivity contribution < 1.29 is 27.4 Å². The molecule has 1 amide bonds. The molecule has 1 aliphatic heterocycles. The fraction of sp³-hybridized carbons (Fsp3) is 0.389. The summed E-state index contributed by atoms with van der Waals surface area (Å²) in [6, 6.07) is 19.2. The van der Waals surface area contributed by atoms with Crippen molar-refractivity contribution >= 4 is 32.5 Å². The number of hydrogen-bond acceptors (Lipinski definition) is 8. The van der Waals surface area contributed by atoms with Crippen LogP contribution >= 0.6 is 0 Å². The number of para-hydroxylation sites is 1. The highest BCUT2D eigenvalue weighted by Gasteiger charge is 2.26. The lowest BCUT2D eigenvalue weighted by atomic mass is 10.1. The Bertz CT molecular complexity index is 1790. The Morgan fingerprint density at radius 2 is 1.55 bits per heavy atom. The summed E-state index contributed by atoms with van der Waals surface area (Å²) in [5.41, 5.74) is 2.29. The molecule has 2 aliphatic rings. The molecule has 0 atom stereocenters. The van der Waals surface area contributed by atoms with Gasteiger partial charge in [0.25, 0.3) is 15.9 Å². The molecule has 6 rings (SSSR count). The van der Waals surface area contributed by atoms with Crippen LogP contribution < -0.4 is 18.9 Å². The number of sulfonamides is 1. The first-order valence-corrected chi connectivity index (χ1v) is 17.7. The van der Waals surface area contributed by atoms with E-state index in [-0.39, 0.29) is 16.9 Å². The highest BCUT2D eigenvalue weighted by Crippen LogP contribution is 2.42. The van der Waals surface area contributed by atoms with Crippen LogP contribution in [0.2, 0.25) is 0 Å². The van der Waals surface area contributed by atoms with Crippen LogP contribution in [0.3, 0.4) is 0 Å². The smallest absolute Gasteiger partial charge is 0.264 e. The number of carbonyl (C=O) groups is 1. The normalized spacial score (nSPS) is 16.4. The monoisotopic (exact) mass is 658 g/mol. The molecule has 0 bridgehead atoms. The fourth-order valence-electron chi connectivity index (χ4n) is 6.48. The van der Waals surface area contributed by atoms with Gasteiger partial charge in [-0.15, -0.1) is 0 Å². The lowest BCUT2D eigenvalue weighted by molar-refractivity contribution is 0.0627. The predicted octanol–water partition coefficient (Wildman–Crippen LogP) is 6.11. The molecular weight excluding hydrogens is 616 g/mol. The number of piperazine rings is 1. The third-order valence-electron chi connectivity index (χ3n) is 8.98. The van der Waals surface area contributed by atoms with E-state index in [4.69, 9.17) is 14.2 Å². The zero-order valence-electron chi connectivity index (χ0n) is 27.0. The molecule has 47 heavy (non-hydrogen) atoms. The highest BCUT2D eigenvalue weighted by atomic mass is 32.2. The van der Waals surface area contributed by atoms with Gasteiger partial charge in [-0.3, -0.25) is 19.4 Å². The van der Waals surface area contributed by atoms with Gasteiger partial charge in [0.05, 0.1) is 25.8 Å². The molecular formula is C36H42N4O6S. The van der Waals surface area contributed by atoms with Gasteiger partial charge in [0.2, 0.25) is 5.75 Å². The van der Waals surface area contributed by atoms with Crippen molar-refractivity contribution in [2.75, 3.05) is 45.1 Å². The van der Waals surface area contributed by atoms with Crippen LogP contribution in [0.5, 0.6) is 17.2 Å². The lowest BCUT2D eigenvalue weighted by Gasteiger charge is -2.35. The zero-order valence-corrected chi connectivity index (χ0v) is 27.8. The van der Waals surface area contributed by atoms with Crippen LogP contribution in [0.15, 0.2) is 77.8 Å². The van der Waals surface area contributed by atoms with E-state index in [9.17, 15) is 13.2 Å². The largest absolute Gasteiger partial charge is 0.492 e. The number of nitrogens with zero attached hydrogens (tertiary/aromatic N) is 3. The van der Waals surface area contributed by atoms with Crippen molar-refractivity contribution in [1.82, 2.24) is 14.8 Å². The van der Waals surface area contributed by atoms with E-state index in [2.05, 4.69) is 20.7 Å². The molecule has 1 aromatic heterocycles.